The molecule has 2 N–H and O–H groups in total. The van der Waals surface area contributed by atoms with Crippen LogP contribution in [0.3, 0.4) is 0 Å². The fourth-order valence-electron chi connectivity index (χ4n) is 6.75. The van der Waals surface area contributed by atoms with Crippen LogP contribution in [0.25, 0.3) is 0 Å². The Balaban J connectivity index is -0.000000451. The first kappa shape index (κ1) is 35.8. The molecule has 29 heavy (non-hydrogen) atoms. The zero-order valence-electron chi connectivity index (χ0n) is 23.2. The maximum absolute atomic E-state index is 11.3. The maximum atomic E-state index is 11.3. The zero-order valence-corrected chi connectivity index (χ0v) is 32.4. The molecular formula is C18H56FeO2Si8. The largest absolute Gasteiger partial charge is 0.440 e. The Morgan fingerprint density at radius 1 is 0.276 bits per heavy atom. The topological polar surface area (TPSA) is 40.5 Å². The number of hydrogen-bond acceptors (Lipinski definition) is 2. The molecule has 0 aliphatic carbocycles. The predicted octanol–water partition coefficient (Wildman–Crippen LogP) is 6.35. The van der Waals surface area contributed by atoms with E-state index in [2.05, 4.69) is 118 Å². The molecule has 0 saturated carbocycles. The van der Waals surface area contributed by atoms with Crippen LogP contribution in [0.15, 0.2) is 0 Å². The molecule has 0 bridgehead atoms. The van der Waals surface area contributed by atoms with Gasteiger partial charge >= 0.3 is 0 Å². The van der Waals surface area contributed by atoms with E-state index in [1.807, 2.05) is 0 Å². The normalized spacial score (nSPS) is 15.3. The third-order valence-corrected chi connectivity index (χ3v) is 140. The molecule has 0 aromatic heterocycles. The van der Waals surface area contributed by atoms with Gasteiger partial charge in [0.05, 0.1) is 45.5 Å². The summed E-state index contributed by atoms with van der Waals surface area (Å²) in [5.41, 5.74) is 0. The van der Waals surface area contributed by atoms with Gasteiger partial charge in [-0.05, 0) is 0 Å². The van der Waals surface area contributed by atoms with Crippen molar-refractivity contribution in [1.29, 1.82) is 0 Å². The van der Waals surface area contributed by atoms with Crippen molar-refractivity contribution in [2.75, 3.05) is 0 Å². The van der Waals surface area contributed by atoms with Gasteiger partial charge in [0.1, 0.15) is 0 Å². The number of hydrogen-bond donors (Lipinski definition) is 2. The van der Waals surface area contributed by atoms with Crippen LogP contribution < -0.4 is 0 Å². The van der Waals surface area contributed by atoms with E-state index in [1.54, 1.807) is 0 Å². The summed E-state index contributed by atoms with van der Waals surface area (Å²) in [5, 5.41) is 0. The van der Waals surface area contributed by atoms with Crippen LogP contribution >= 0.6 is 0 Å². The van der Waals surface area contributed by atoms with Crippen molar-refractivity contribution in [1.82, 2.24) is 0 Å². The molecular weight excluding hydrogens is 529 g/mol. The van der Waals surface area contributed by atoms with E-state index in [9.17, 15) is 9.59 Å². The van der Waals surface area contributed by atoms with Crippen LogP contribution in [-0.4, -0.2) is 68.9 Å². The molecule has 0 aromatic carbocycles. The monoisotopic (exact) mass is 584 g/mol. The molecule has 180 valence electrons. The SMILES string of the molecule is C[Si](C)(C)[Si](O)([Si](C)(C)C)[Si](C)(C)C.C[Si](C)(C)[Si](O)([Si](C)(C)C)[Si](C)(C)C.[Fe]. The molecule has 0 unspecified atom stereocenters. The first-order valence-corrected chi connectivity index (χ1v) is 41.8. The van der Waals surface area contributed by atoms with Crippen molar-refractivity contribution in [3.63, 3.8) is 0 Å². The molecule has 0 aliphatic rings. The van der Waals surface area contributed by atoms with E-state index in [0.29, 0.717) is 0 Å². The fraction of sp³-hybridized carbons (Fsp3) is 1.00. The molecule has 0 heterocycles. The molecule has 0 atom stereocenters. The standard InChI is InChI=1S/2C9H28OSi4.Fe/c2*1-11(2,3)14(10,12(4,5)6)13(7,8)9;/h2*10H,1-9H3;. The summed E-state index contributed by atoms with van der Waals surface area (Å²) >= 11 is 0. The van der Waals surface area contributed by atoms with Gasteiger partial charge in [-0.2, -0.15) is 0 Å². The Bertz CT molecular complexity index is 395. The molecule has 0 rings (SSSR count). The van der Waals surface area contributed by atoms with Crippen LogP contribution in [0.1, 0.15) is 0 Å². The summed E-state index contributed by atoms with van der Waals surface area (Å²) in [4.78, 5) is 22.7. The van der Waals surface area contributed by atoms with E-state index in [0.717, 1.165) is 0 Å². The summed E-state index contributed by atoms with van der Waals surface area (Å²) in [6.07, 6.45) is 0. The van der Waals surface area contributed by atoms with Crippen molar-refractivity contribution < 1.29 is 26.7 Å². The van der Waals surface area contributed by atoms with E-state index in [-0.39, 0.29) is 17.1 Å². The van der Waals surface area contributed by atoms with Gasteiger partial charge in [0, 0.05) is 17.1 Å². The third kappa shape index (κ3) is 7.59. The Labute approximate surface area is 202 Å². The Hall–Kier alpha value is 2.17. The van der Waals surface area contributed by atoms with Gasteiger partial charge in [0.2, 0.25) is 0 Å². The van der Waals surface area contributed by atoms with Crippen molar-refractivity contribution in [3.8, 4) is 0 Å². The summed E-state index contributed by atoms with van der Waals surface area (Å²) < 4.78 is 0. The van der Waals surface area contributed by atoms with E-state index in [4.69, 9.17) is 0 Å². The summed E-state index contributed by atoms with van der Waals surface area (Å²) in [6, 6.07) is 0. The smallest absolute Gasteiger partial charge is 0.153 e. The molecule has 0 aromatic rings. The number of rotatable bonds is 6. The fourth-order valence-corrected chi connectivity index (χ4v) is 182. The average Bonchev–Trinajstić information content (AvgIpc) is 2.29. The van der Waals surface area contributed by atoms with Crippen LogP contribution in [-0.2, 0) is 17.1 Å². The molecule has 2 nitrogen and oxygen atoms in total. The van der Waals surface area contributed by atoms with Gasteiger partial charge in [-0.1, -0.05) is 118 Å². The average molecular weight is 585 g/mol. The zero-order chi connectivity index (χ0) is 24.0. The van der Waals surface area contributed by atoms with E-state index < -0.39 is 59.3 Å². The van der Waals surface area contributed by atoms with Gasteiger partial charge in [-0.3, -0.25) is 0 Å². The van der Waals surface area contributed by atoms with Gasteiger partial charge in [0.25, 0.3) is 0 Å². The van der Waals surface area contributed by atoms with Crippen molar-refractivity contribution in [2.24, 2.45) is 0 Å². The third-order valence-electron chi connectivity index (χ3n) is 6.51. The van der Waals surface area contributed by atoms with Crippen molar-refractivity contribution in [2.45, 2.75) is 118 Å². The second kappa shape index (κ2) is 10.2. The van der Waals surface area contributed by atoms with Crippen molar-refractivity contribution >= 4 is 59.3 Å². The van der Waals surface area contributed by atoms with E-state index >= 15 is 0 Å². The Kier molecular flexibility index (Phi) is 12.6. The van der Waals surface area contributed by atoms with Crippen molar-refractivity contribution in [3.05, 3.63) is 0 Å². The van der Waals surface area contributed by atoms with Crippen LogP contribution in [0, 0.1) is 0 Å². The Morgan fingerprint density at radius 2 is 0.345 bits per heavy atom. The summed E-state index contributed by atoms with van der Waals surface area (Å²) in [5.74, 6) is 0. The predicted molar refractivity (Wildman–Crippen MR) is 156 cm³/mol. The van der Waals surface area contributed by atoms with Crippen LogP contribution in [0.4, 0.5) is 0 Å². The quantitative estimate of drug-likeness (QED) is 0.357. The van der Waals surface area contributed by atoms with Gasteiger partial charge in [-0.25, -0.2) is 0 Å². The summed E-state index contributed by atoms with van der Waals surface area (Å²) in [6.45, 7) is 39.0. The molecule has 0 amide bonds. The minimum atomic E-state index is -1.94. The second-order valence-electron chi connectivity index (χ2n) is 14.9. The van der Waals surface area contributed by atoms with Gasteiger partial charge in [0.15, 0.2) is 13.7 Å². The summed E-state index contributed by atoms with van der Waals surface area (Å²) in [7, 11) is -8.18. The first-order valence-electron chi connectivity index (χ1n) is 10.9. The molecule has 0 spiro atoms. The van der Waals surface area contributed by atoms with Gasteiger partial charge < -0.3 is 9.59 Å². The molecule has 0 saturated heterocycles. The van der Waals surface area contributed by atoms with Gasteiger partial charge in [-0.15, -0.1) is 0 Å². The van der Waals surface area contributed by atoms with E-state index in [1.165, 1.54) is 0 Å². The minimum Gasteiger partial charge on any atom is -0.440 e. The second-order valence-corrected chi connectivity index (χ2v) is 93.8. The molecule has 0 fully saturated rings. The minimum absolute atomic E-state index is 0. The molecule has 0 radical (unpaired) electrons. The molecule has 11 heteroatoms. The first-order chi connectivity index (χ1) is 11.5. The van der Waals surface area contributed by atoms with Crippen LogP contribution in [0.2, 0.25) is 118 Å². The molecule has 0 aliphatic heterocycles. The van der Waals surface area contributed by atoms with Crippen LogP contribution in [0.5, 0.6) is 0 Å². The Morgan fingerprint density at radius 3 is 0.345 bits per heavy atom. The maximum Gasteiger partial charge on any atom is 0.153 e.